The molecule has 3 aromatic rings. The van der Waals surface area contributed by atoms with Gasteiger partial charge in [-0.05, 0) is 19.1 Å². The minimum atomic E-state index is -0.914. The molecule has 0 radical (unpaired) electrons. The first-order valence-electron chi connectivity index (χ1n) is 5.42. The highest BCUT2D eigenvalue weighted by Crippen LogP contribution is 2.23. The van der Waals surface area contributed by atoms with Gasteiger partial charge in [-0.3, -0.25) is 4.40 Å². The lowest BCUT2D eigenvalue weighted by atomic mass is 10.1. The van der Waals surface area contributed by atoms with Crippen molar-refractivity contribution in [1.82, 2.24) is 9.38 Å². The third-order valence-electron chi connectivity index (χ3n) is 2.70. The number of imidazole rings is 1. The fraction of sp³-hybridized carbons (Fsp3) is 0.0769. The number of hydrogen-bond donors (Lipinski definition) is 1. The molecule has 0 unspecified atom stereocenters. The molecule has 18 heavy (non-hydrogen) atoms. The summed E-state index contributed by atoms with van der Waals surface area (Å²) in [5.74, 6) is -0.914. The normalized spacial score (nSPS) is 10.9. The molecule has 3 rings (SSSR count). The van der Waals surface area contributed by atoms with Gasteiger partial charge in [0.25, 0.3) is 0 Å². The number of fused-ring (bicyclic) bond motifs is 1. The molecule has 0 fully saturated rings. The van der Waals surface area contributed by atoms with Crippen LogP contribution in [-0.4, -0.2) is 20.5 Å². The van der Waals surface area contributed by atoms with Gasteiger partial charge in [0.15, 0.2) is 4.96 Å². The van der Waals surface area contributed by atoms with Crippen molar-refractivity contribution >= 4 is 22.3 Å². The predicted molar refractivity (Wildman–Crippen MR) is 70.2 cm³/mol. The molecule has 2 heterocycles. The van der Waals surface area contributed by atoms with Crippen LogP contribution in [0.4, 0.5) is 0 Å². The quantitative estimate of drug-likeness (QED) is 0.768. The van der Waals surface area contributed by atoms with Crippen LogP contribution >= 0.6 is 11.3 Å². The van der Waals surface area contributed by atoms with Crippen LogP contribution in [0.5, 0.6) is 0 Å². The third-order valence-corrected chi connectivity index (χ3v) is 3.61. The van der Waals surface area contributed by atoms with Gasteiger partial charge in [-0.15, -0.1) is 11.3 Å². The number of carboxylic acids is 1. The van der Waals surface area contributed by atoms with Crippen LogP contribution in [0.15, 0.2) is 36.7 Å². The molecule has 0 atom stereocenters. The molecule has 4 nitrogen and oxygen atoms in total. The van der Waals surface area contributed by atoms with Crippen LogP contribution in [0.1, 0.15) is 15.2 Å². The van der Waals surface area contributed by atoms with Crippen molar-refractivity contribution in [3.8, 4) is 11.3 Å². The van der Waals surface area contributed by atoms with Crippen LogP contribution in [0.2, 0.25) is 0 Å². The summed E-state index contributed by atoms with van der Waals surface area (Å²) in [5, 5.41) is 8.84. The smallest absolute Gasteiger partial charge is 0.335 e. The predicted octanol–water partition coefficient (Wildman–Crippen LogP) is 3.07. The Balaban J connectivity index is 2.02. The maximum absolute atomic E-state index is 10.8. The molecule has 1 aromatic carbocycles. The van der Waals surface area contributed by atoms with Gasteiger partial charge in [0, 0.05) is 22.8 Å². The summed E-state index contributed by atoms with van der Waals surface area (Å²) in [7, 11) is 0. The molecular weight excluding hydrogens is 248 g/mol. The Morgan fingerprint density at radius 1 is 1.28 bits per heavy atom. The zero-order valence-electron chi connectivity index (χ0n) is 9.62. The lowest BCUT2D eigenvalue weighted by molar-refractivity contribution is 0.0697. The lowest BCUT2D eigenvalue weighted by Crippen LogP contribution is -1.94. The van der Waals surface area contributed by atoms with Crippen LogP contribution < -0.4 is 0 Å². The van der Waals surface area contributed by atoms with Gasteiger partial charge < -0.3 is 5.11 Å². The molecule has 0 spiro atoms. The Labute approximate surface area is 107 Å². The summed E-state index contributed by atoms with van der Waals surface area (Å²) >= 11 is 1.63. The SMILES string of the molecule is Cc1cn2cc(-c3ccc(C(=O)O)cc3)nc2s1. The third kappa shape index (κ3) is 1.78. The second-order valence-electron chi connectivity index (χ2n) is 4.04. The van der Waals surface area contributed by atoms with E-state index in [1.165, 1.54) is 4.88 Å². The average Bonchev–Trinajstić information content (AvgIpc) is 2.86. The number of carboxylic acid groups (broad SMARTS) is 1. The number of aryl methyl sites for hydroxylation is 1. The molecule has 0 aliphatic rings. The highest BCUT2D eigenvalue weighted by Gasteiger charge is 2.08. The fourth-order valence-corrected chi connectivity index (χ4v) is 2.64. The Morgan fingerprint density at radius 2 is 2.00 bits per heavy atom. The van der Waals surface area contributed by atoms with Crippen LogP contribution in [0.3, 0.4) is 0 Å². The van der Waals surface area contributed by atoms with Gasteiger partial charge in [-0.1, -0.05) is 12.1 Å². The minimum Gasteiger partial charge on any atom is -0.478 e. The zero-order valence-corrected chi connectivity index (χ0v) is 10.4. The second-order valence-corrected chi connectivity index (χ2v) is 5.25. The average molecular weight is 258 g/mol. The summed E-state index contributed by atoms with van der Waals surface area (Å²) in [4.78, 5) is 17.4. The number of nitrogens with zero attached hydrogens (tertiary/aromatic N) is 2. The Hall–Kier alpha value is -2.14. The molecule has 90 valence electrons. The first kappa shape index (κ1) is 11.0. The minimum absolute atomic E-state index is 0.288. The van der Waals surface area contributed by atoms with E-state index in [1.54, 1.807) is 35.6 Å². The first-order chi connectivity index (χ1) is 8.63. The van der Waals surface area contributed by atoms with Gasteiger partial charge in [-0.2, -0.15) is 0 Å². The Kier molecular flexibility index (Phi) is 2.41. The molecular formula is C13H10N2O2S. The van der Waals surface area contributed by atoms with E-state index in [4.69, 9.17) is 5.11 Å². The summed E-state index contributed by atoms with van der Waals surface area (Å²) in [5.41, 5.74) is 2.07. The summed E-state index contributed by atoms with van der Waals surface area (Å²) in [6.07, 6.45) is 3.98. The van der Waals surface area contributed by atoms with E-state index in [1.807, 2.05) is 23.7 Å². The summed E-state index contributed by atoms with van der Waals surface area (Å²) in [6, 6.07) is 6.75. The Bertz CT molecular complexity index is 694. The molecule has 2 aromatic heterocycles. The molecule has 0 saturated carbocycles. The van der Waals surface area contributed by atoms with Crippen molar-refractivity contribution in [2.75, 3.05) is 0 Å². The number of hydrogen-bond acceptors (Lipinski definition) is 3. The van der Waals surface area contributed by atoms with Gasteiger partial charge in [0.2, 0.25) is 0 Å². The van der Waals surface area contributed by atoms with Gasteiger partial charge in [-0.25, -0.2) is 9.78 Å². The van der Waals surface area contributed by atoms with E-state index < -0.39 is 5.97 Å². The van der Waals surface area contributed by atoms with Crippen molar-refractivity contribution in [3.63, 3.8) is 0 Å². The van der Waals surface area contributed by atoms with Gasteiger partial charge >= 0.3 is 5.97 Å². The van der Waals surface area contributed by atoms with Crippen molar-refractivity contribution in [2.45, 2.75) is 6.92 Å². The second kappa shape index (κ2) is 3.96. The van der Waals surface area contributed by atoms with Crippen LogP contribution in [-0.2, 0) is 0 Å². The molecule has 1 N–H and O–H groups in total. The number of benzene rings is 1. The largest absolute Gasteiger partial charge is 0.478 e. The summed E-state index contributed by atoms with van der Waals surface area (Å²) in [6.45, 7) is 2.04. The molecule has 0 aliphatic heterocycles. The maximum atomic E-state index is 10.8. The lowest BCUT2D eigenvalue weighted by Gasteiger charge is -1.97. The highest BCUT2D eigenvalue weighted by molar-refractivity contribution is 7.17. The monoisotopic (exact) mass is 258 g/mol. The highest BCUT2D eigenvalue weighted by atomic mass is 32.1. The van der Waals surface area contributed by atoms with Crippen LogP contribution in [0.25, 0.3) is 16.2 Å². The topological polar surface area (TPSA) is 54.6 Å². The number of aromatic carboxylic acids is 1. The number of thiazole rings is 1. The van der Waals surface area contributed by atoms with E-state index in [0.29, 0.717) is 0 Å². The van der Waals surface area contributed by atoms with E-state index in [-0.39, 0.29) is 5.56 Å². The van der Waals surface area contributed by atoms with E-state index in [0.717, 1.165) is 16.2 Å². The van der Waals surface area contributed by atoms with E-state index >= 15 is 0 Å². The van der Waals surface area contributed by atoms with Crippen LogP contribution in [0, 0.1) is 6.92 Å². The van der Waals surface area contributed by atoms with Crippen molar-refractivity contribution in [2.24, 2.45) is 0 Å². The summed E-state index contributed by atoms with van der Waals surface area (Å²) < 4.78 is 1.99. The number of carbonyl (C=O) groups is 1. The standard InChI is InChI=1S/C13H10N2O2S/c1-8-6-15-7-11(14-13(15)18-8)9-2-4-10(5-3-9)12(16)17/h2-7H,1H3,(H,16,17). The molecule has 0 saturated heterocycles. The van der Waals surface area contributed by atoms with Crippen molar-refractivity contribution < 1.29 is 9.90 Å². The van der Waals surface area contributed by atoms with E-state index in [9.17, 15) is 4.79 Å². The Morgan fingerprint density at radius 3 is 2.61 bits per heavy atom. The molecule has 5 heteroatoms. The molecule has 0 bridgehead atoms. The molecule has 0 amide bonds. The number of rotatable bonds is 2. The fourth-order valence-electron chi connectivity index (χ4n) is 1.83. The molecule has 0 aliphatic carbocycles. The maximum Gasteiger partial charge on any atom is 0.335 e. The number of aromatic nitrogens is 2. The zero-order chi connectivity index (χ0) is 12.7. The van der Waals surface area contributed by atoms with Gasteiger partial charge in [0.1, 0.15) is 0 Å². The first-order valence-corrected chi connectivity index (χ1v) is 6.24. The van der Waals surface area contributed by atoms with Crippen molar-refractivity contribution in [1.29, 1.82) is 0 Å². The van der Waals surface area contributed by atoms with Gasteiger partial charge in [0.05, 0.1) is 11.3 Å². The van der Waals surface area contributed by atoms with Crippen molar-refractivity contribution in [3.05, 3.63) is 47.1 Å². The van der Waals surface area contributed by atoms with E-state index in [2.05, 4.69) is 4.98 Å².